The predicted molar refractivity (Wildman–Crippen MR) is 86.1 cm³/mol. The fourth-order valence-electron chi connectivity index (χ4n) is 1.76. The molecule has 0 atom stereocenters. The lowest BCUT2D eigenvalue weighted by atomic mass is 10.2. The van der Waals surface area contributed by atoms with E-state index in [1.807, 2.05) is 20.8 Å². The number of nitrogen functional groups attached to an aromatic ring is 1. The summed E-state index contributed by atoms with van der Waals surface area (Å²) in [5.74, 6) is 7.24. The van der Waals surface area contributed by atoms with Crippen molar-refractivity contribution in [3.63, 3.8) is 0 Å². The molecule has 1 aromatic heterocycles. The van der Waals surface area contributed by atoms with Crippen LogP contribution in [-0.4, -0.2) is 9.97 Å². The minimum atomic E-state index is -0.313. The van der Waals surface area contributed by atoms with Crippen molar-refractivity contribution in [2.75, 3.05) is 10.7 Å². The van der Waals surface area contributed by atoms with E-state index < -0.39 is 0 Å². The van der Waals surface area contributed by atoms with Gasteiger partial charge in [-0.3, -0.25) is 0 Å². The first-order chi connectivity index (χ1) is 9.92. The molecule has 0 fully saturated rings. The van der Waals surface area contributed by atoms with Gasteiger partial charge in [-0.2, -0.15) is 0 Å². The van der Waals surface area contributed by atoms with Gasteiger partial charge in [0.15, 0.2) is 0 Å². The van der Waals surface area contributed by atoms with Crippen molar-refractivity contribution in [1.82, 2.24) is 9.97 Å². The van der Waals surface area contributed by atoms with Crippen LogP contribution in [0.4, 0.5) is 21.7 Å². The number of benzene rings is 1. The average molecular weight is 354 g/mol. The van der Waals surface area contributed by atoms with Crippen molar-refractivity contribution in [2.45, 2.75) is 26.7 Å². The molecular weight excluding hydrogens is 337 g/mol. The van der Waals surface area contributed by atoms with Gasteiger partial charge < -0.3 is 10.7 Å². The summed E-state index contributed by atoms with van der Waals surface area (Å²) in [6.45, 7) is 5.87. The Morgan fingerprint density at radius 2 is 1.90 bits per heavy atom. The van der Waals surface area contributed by atoms with Crippen LogP contribution in [0.25, 0.3) is 0 Å². The van der Waals surface area contributed by atoms with Crippen molar-refractivity contribution >= 4 is 33.3 Å². The third-order valence-electron chi connectivity index (χ3n) is 3.00. The van der Waals surface area contributed by atoms with Crippen LogP contribution in [0.3, 0.4) is 0 Å². The molecule has 2 rings (SSSR count). The molecular formula is C14H17BrFN5. The molecule has 0 aliphatic heterocycles. The molecule has 0 aliphatic rings. The maximum Gasteiger partial charge on any atom is 0.148 e. The lowest BCUT2D eigenvalue weighted by molar-refractivity contribution is 0.621. The third kappa shape index (κ3) is 3.48. The van der Waals surface area contributed by atoms with E-state index in [1.165, 1.54) is 6.07 Å². The highest BCUT2D eigenvalue weighted by molar-refractivity contribution is 9.10. The molecule has 0 amide bonds. The fraction of sp³-hybridized carbons (Fsp3) is 0.286. The van der Waals surface area contributed by atoms with Crippen LogP contribution in [0.15, 0.2) is 22.7 Å². The molecule has 0 unspecified atom stereocenters. The minimum Gasteiger partial charge on any atom is -0.340 e. The van der Waals surface area contributed by atoms with Crippen LogP contribution in [0.2, 0.25) is 0 Å². The fourth-order valence-corrected chi connectivity index (χ4v) is 2.14. The molecule has 112 valence electrons. The number of halogens is 2. The van der Waals surface area contributed by atoms with Gasteiger partial charge in [-0.25, -0.2) is 20.2 Å². The maximum atomic E-state index is 13.3. The second-order valence-corrected chi connectivity index (χ2v) is 5.81. The molecule has 21 heavy (non-hydrogen) atoms. The van der Waals surface area contributed by atoms with E-state index in [4.69, 9.17) is 5.84 Å². The van der Waals surface area contributed by atoms with Gasteiger partial charge in [-0.15, -0.1) is 0 Å². The highest BCUT2D eigenvalue weighted by Crippen LogP contribution is 2.27. The monoisotopic (exact) mass is 353 g/mol. The maximum absolute atomic E-state index is 13.3. The number of nitrogens with two attached hydrogens (primary N) is 1. The topological polar surface area (TPSA) is 75.9 Å². The van der Waals surface area contributed by atoms with Crippen LogP contribution in [0.5, 0.6) is 0 Å². The zero-order chi connectivity index (χ0) is 15.6. The molecule has 0 spiro atoms. The lowest BCUT2D eigenvalue weighted by Crippen LogP contribution is -2.14. The summed E-state index contributed by atoms with van der Waals surface area (Å²) in [6.07, 6.45) is 0. The van der Waals surface area contributed by atoms with Crippen LogP contribution in [0, 0.1) is 12.7 Å². The van der Waals surface area contributed by atoms with Crippen LogP contribution in [-0.2, 0) is 0 Å². The Bertz CT molecular complexity index is 660. The summed E-state index contributed by atoms with van der Waals surface area (Å²) in [7, 11) is 0. The normalized spacial score (nSPS) is 10.8. The Morgan fingerprint density at radius 1 is 1.24 bits per heavy atom. The van der Waals surface area contributed by atoms with E-state index in [0.29, 0.717) is 21.9 Å². The third-order valence-corrected chi connectivity index (χ3v) is 3.61. The lowest BCUT2D eigenvalue weighted by Gasteiger charge is -2.15. The highest BCUT2D eigenvalue weighted by Gasteiger charge is 2.13. The van der Waals surface area contributed by atoms with Gasteiger partial charge in [0.1, 0.15) is 23.3 Å². The number of anilines is 3. The molecule has 4 N–H and O–H groups in total. The summed E-state index contributed by atoms with van der Waals surface area (Å²) in [4.78, 5) is 8.87. The van der Waals surface area contributed by atoms with E-state index in [0.717, 1.165) is 11.3 Å². The predicted octanol–water partition coefficient (Wildman–Crippen LogP) is 3.84. The number of rotatable bonds is 4. The number of hydrogen-bond acceptors (Lipinski definition) is 5. The Hall–Kier alpha value is -1.73. The van der Waals surface area contributed by atoms with E-state index >= 15 is 0 Å². The van der Waals surface area contributed by atoms with Crippen molar-refractivity contribution in [3.8, 4) is 0 Å². The standard InChI is InChI=1S/C14H17BrFN5/c1-7(2)12-19-13(8(3)14(20-12)21-17)18-9-4-5-11(16)10(15)6-9/h4-7H,17H2,1-3H3,(H2,18,19,20,21). The largest absolute Gasteiger partial charge is 0.340 e. The van der Waals surface area contributed by atoms with Gasteiger partial charge in [0.05, 0.1) is 4.47 Å². The smallest absolute Gasteiger partial charge is 0.148 e. The summed E-state index contributed by atoms with van der Waals surface area (Å²) in [6, 6.07) is 4.68. The van der Waals surface area contributed by atoms with Crippen molar-refractivity contribution in [3.05, 3.63) is 39.9 Å². The molecule has 1 aromatic carbocycles. The van der Waals surface area contributed by atoms with E-state index in [2.05, 4.69) is 36.6 Å². The number of hydrogen-bond donors (Lipinski definition) is 3. The summed E-state index contributed by atoms with van der Waals surface area (Å²) >= 11 is 3.16. The summed E-state index contributed by atoms with van der Waals surface area (Å²) in [5.41, 5.74) is 4.10. The summed E-state index contributed by atoms with van der Waals surface area (Å²) < 4.78 is 13.7. The zero-order valence-corrected chi connectivity index (χ0v) is 13.6. The van der Waals surface area contributed by atoms with Gasteiger partial charge in [0.25, 0.3) is 0 Å². The Labute approximate surface area is 131 Å². The van der Waals surface area contributed by atoms with Gasteiger partial charge in [0.2, 0.25) is 0 Å². The molecule has 1 heterocycles. The molecule has 0 aliphatic carbocycles. The molecule has 0 radical (unpaired) electrons. The van der Waals surface area contributed by atoms with Crippen molar-refractivity contribution < 1.29 is 4.39 Å². The van der Waals surface area contributed by atoms with Gasteiger partial charge >= 0.3 is 0 Å². The van der Waals surface area contributed by atoms with E-state index in [-0.39, 0.29) is 11.7 Å². The first-order valence-electron chi connectivity index (χ1n) is 6.49. The van der Waals surface area contributed by atoms with Gasteiger partial charge in [-0.1, -0.05) is 13.8 Å². The zero-order valence-electron chi connectivity index (χ0n) is 12.0. The Morgan fingerprint density at radius 3 is 2.48 bits per heavy atom. The van der Waals surface area contributed by atoms with Crippen molar-refractivity contribution in [1.29, 1.82) is 0 Å². The second-order valence-electron chi connectivity index (χ2n) is 4.96. The Balaban J connectivity index is 2.42. The van der Waals surface area contributed by atoms with Crippen molar-refractivity contribution in [2.24, 2.45) is 5.84 Å². The number of hydrazine groups is 1. The van der Waals surface area contributed by atoms with Gasteiger partial charge in [0, 0.05) is 17.2 Å². The second kappa shape index (κ2) is 6.36. The average Bonchev–Trinajstić information content (AvgIpc) is 2.44. The van der Waals surface area contributed by atoms with E-state index in [9.17, 15) is 4.39 Å². The Kier molecular flexibility index (Phi) is 4.74. The molecule has 5 nitrogen and oxygen atoms in total. The van der Waals surface area contributed by atoms with Crippen LogP contribution in [0.1, 0.15) is 31.2 Å². The SMILES string of the molecule is Cc1c(NN)nc(C(C)C)nc1Nc1ccc(F)c(Br)c1. The number of nitrogens with one attached hydrogen (secondary N) is 2. The first-order valence-corrected chi connectivity index (χ1v) is 7.29. The summed E-state index contributed by atoms with van der Waals surface area (Å²) in [5, 5.41) is 3.17. The molecule has 0 bridgehead atoms. The molecule has 2 aromatic rings. The first kappa shape index (κ1) is 15.7. The van der Waals surface area contributed by atoms with Gasteiger partial charge in [-0.05, 0) is 41.1 Å². The van der Waals surface area contributed by atoms with Crippen LogP contribution < -0.4 is 16.6 Å². The number of aromatic nitrogens is 2. The molecule has 0 saturated heterocycles. The number of nitrogens with zero attached hydrogens (tertiary/aromatic N) is 2. The molecule has 7 heteroatoms. The molecule has 0 saturated carbocycles. The van der Waals surface area contributed by atoms with Crippen LogP contribution >= 0.6 is 15.9 Å². The minimum absolute atomic E-state index is 0.165. The quantitative estimate of drug-likeness (QED) is 0.575. The van der Waals surface area contributed by atoms with E-state index in [1.54, 1.807) is 12.1 Å². The highest BCUT2D eigenvalue weighted by atomic mass is 79.9.